The number of carbonyl (C=O) groups is 1. The van der Waals surface area contributed by atoms with Crippen LogP contribution in [0.3, 0.4) is 0 Å². The molecule has 0 N–H and O–H groups in total. The monoisotopic (exact) mass is 542 g/mol. The lowest BCUT2D eigenvalue weighted by Crippen LogP contribution is -2.41. The zero-order chi connectivity index (χ0) is 26.9. The van der Waals surface area contributed by atoms with E-state index in [9.17, 15) is 31.9 Å². The number of rotatable bonds is 8. The summed E-state index contributed by atoms with van der Waals surface area (Å²) in [6.07, 6.45) is -2.96. The van der Waals surface area contributed by atoms with Crippen LogP contribution in [0.25, 0.3) is 5.69 Å². The summed E-state index contributed by atoms with van der Waals surface area (Å²) in [4.78, 5) is 36.9. The van der Waals surface area contributed by atoms with Gasteiger partial charge in [-0.1, -0.05) is 23.7 Å². The first-order valence-electron chi connectivity index (χ1n) is 10.9. The van der Waals surface area contributed by atoms with Gasteiger partial charge in [-0.3, -0.25) is 9.36 Å². The van der Waals surface area contributed by atoms with Crippen molar-refractivity contribution in [2.45, 2.75) is 19.0 Å². The molecule has 1 heterocycles. The van der Waals surface area contributed by atoms with Gasteiger partial charge in [0, 0.05) is 19.2 Å². The fourth-order valence-electron chi connectivity index (χ4n) is 3.33. The summed E-state index contributed by atoms with van der Waals surface area (Å²) in [5.74, 6) is -1.44. The predicted molar refractivity (Wildman–Crippen MR) is 123 cm³/mol. The van der Waals surface area contributed by atoms with Gasteiger partial charge in [0.05, 0.1) is 17.3 Å². The summed E-state index contributed by atoms with van der Waals surface area (Å²) in [5, 5.41) is -0.267. The Bertz CT molecular complexity index is 1460. The first-order valence-corrected chi connectivity index (χ1v) is 11.3. The van der Waals surface area contributed by atoms with E-state index in [0.717, 1.165) is 32.0 Å². The number of aromatic nitrogens is 2. The normalized spacial score (nSPS) is 13.4. The summed E-state index contributed by atoms with van der Waals surface area (Å²) >= 11 is 6.09. The van der Waals surface area contributed by atoms with Gasteiger partial charge in [-0.05, 0) is 37.0 Å². The lowest BCUT2D eigenvalue weighted by atomic mass is 10.2. The molecule has 0 radical (unpaired) electrons. The van der Waals surface area contributed by atoms with Crippen LogP contribution in [0.2, 0.25) is 5.02 Å². The van der Waals surface area contributed by atoms with Crippen LogP contribution in [0, 0.1) is 11.7 Å². The number of hydrogen-bond donors (Lipinski definition) is 0. The van der Waals surface area contributed by atoms with E-state index in [1.807, 2.05) is 0 Å². The number of nitrogens with zero attached hydrogens (tertiary/aromatic N) is 2. The third-order valence-electron chi connectivity index (χ3n) is 5.44. The van der Waals surface area contributed by atoms with Gasteiger partial charge in [0.25, 0.3) is 5.56 Å². The van der Waals surface area contributed by atoms with E-state index in [4.69, 9.17) is 25.8 Å². The quantitative estimate of drug-likeness (QED) is 0.308. The molecule has 0 saturated heterocycles. The van der Waals surface area contributed by atoms with E-state index in [1.54, 1.807) is 12.1 Å². The smallest absolute Gasteiger partial charge is 0.431 e. The second kappa shape index (κ2) is 10.3. The Labute approximate surface area is 211 Å². The van der Waals surface area contributed by atoms with Crippen LogP contribution in [0.5, 0.6) is 17.2 Å². The molecule has 4 rings (SSSR count). The lowest BCUT2D eigenvalue weighted by Gasteiger charge is -2.16. The van der Waals surface area contributed by atoms with Crippen LogP contribution in [-0.2, 0) is 22.8 Å². The molecule has 1 fully saturated rings. The fourth-order valence-corrected chi connectivity index (χ4v) is 3.52. The largest absolute Gasteiger partial charge is 0.478 e. The lowest BCUT2D eigenvalue weighted by molar-refractivity contribution is -0.146. The number of benzene rings is 2. The van der Waals surface area contributed by atoms with Crippen molar-refractivity contribution in [3.8, 4) is 22.9 Å². The highest BCUT2D eigenvalue weighted by Crippen LogP contribution is 2.37. The van der Waals surface area contributed by atoms with Crippen molar-refractivity contribution < 1.29 is 36.6 Å². The van der Waals surface area contributed by atoms with Crippen molar-refractivity contribution >= 4 is 17.6 Å². The van der Waals surface area contributed by atoms with Gasteiger partial charge in [0.2, 0.25) is 0 Å². The number of ether oxygens (including phenoxy) is 3. The molecule has 2 aromatic carbocycles. The number of halogens is 5. The Hall–Kier alpha value is -3.80. The predicted octanol–water partition coefficient (Wildman–Crippen LogP) is 4.47. The summed E-state index contributed by atoms with van der Waals surface area (Å²) in [6.45, 7) is -0.0937. The van der Waals surface area contributed by atoms with Gasteiger partial charge < -0.3 is 14.2 Å². The number of carbonyl (C=O) groups excluding carboxylic acids is 1. The third kappa shape index (κ3) is 5.96. The molecule has 0 aliphatic heterocycles. The third-order valence-corrected chi connectivity index (χ3v) is 5.74. The minimum Gasteiger partial charge on any atom is -0.478 e. The average molecular weight is 543 g/mol. The molecule has 0 amide bonds. The van der Waals surface area contributed by atoms with Gasteiger partial charge in [0.15, 0.2) is 18.1 Å². The molecule has 1 aromatic heterocycles. The molecule has 1 aliphatic carbocycles. The molecule has 3 aromatic rings. The molecule has 0 unspecified atom stereocenters. The minimum absolute atomic E-state index is 0.0459. The van der Waals surface area contributed by atoms with Crippen LogP contribution in [0.15, 0.2) is 52.1 Å². The fraction of sp³-hybridized carbons (Fsp3) is 0.292. The highest BCUT2D eigenvalue weighted by Gasteiger charge is 2.35. The molecular formula is C24H19ClF4N2O6. The molecule has 13 heteroatoms. The first-order chi connectivity index (χ1) is 17.5. The highest BCUT2D eigenvalue weighted by atomic mass is 35.5. The van der Waals surface area contributed by atoms with Crippen molar-refractivity contribution in [1.82, 2.24) is 9.13 Å². The van der Waals surface area contributed by atoms with E-state index in [0.29, 0.717) is 12.5 Å². The molecule has 1 aliphatic rings. The van der Waals surface area contributed by atoms with E-state index in [2.05, 4.69) is 0 Å². The first kappa shape index (κ1) is 26.3. The van der Waals surface area contributed by atoms with Gasteiger partial charge in [0.1, 0.15) is 17.3 Å². The number of esters is 1. The molecule has 196 valence electrons. The Balaban J connectivity index is 1.64. The van der Waals surface area contributed by atoms with Gasteiger partial charge in [-0.15, -0.1) is 0 Å². The molecule has 37 heavy (non-hydrogen) atoms. The van der Waals surface area contributed by atoms with Crippen LogP contribution >= 0.6 is 11.6 Å². The molecule has 1 saturated carbocycles. The van der Waals surface area contributed by atoms with Gasteiger partial charge in [-0.25, -0.2) is 18.5 Å². The van der Waals surface area contributed by atoms with Crippen LogP contribution in [0.1, 0.15) is 18.5 Å². The molecule has 0 spiro atoms. The molecule has 0 atom stereocenters. The highest BCUT2D eigenvalue weighted by molar-refractivity contribution is 6.32. The Morgan fingerprint density at radius 2 is 1.76 bits per heavy atom. The van der Waals surface area contributed by atoms with Crippen molar-refractivity contribution in [2.75, 3.05) is 13.2 Å². The second-order valence-corrected chi connectivity index (χ2v) is 8.65. The minimum atomic E-state index is -4.98. The van der Waals surface area contributed by atoms with Gasteiger partial charge >= 0.3 is 17.8 Å². The summed E-state index contributed by atoms with van der Waals surface area (Å²) in [5.41, 5.74) is -5.01. The van der Waals surface area contributed by atoms with Crippen LogP contribution in [-0.4, -0.2) is 28.3 Å². The second-order valence-electron chi connectivity index (χ2n) is 8.24. The van der Waals surface area contributed by atoms with Crippen molar-refractivity contribution in [3.05, 3.63) is 79.8 Å². The standard InChI is InChI=1S/C24H19ClF4N2O6/c1-30-20(24(27,28)29)10-21(32)31(23(30)34)16-9-19(14(25)8-15(16)26)37-18-5-3-2-4-17(18)35-12-22(33)36-11-13-6-7-13/h2-5,8-10,13H,6-7,11-12H2,1H3. The van der Waals surface area contributed by atoms with Crippen molar-refractivity contribution in [2.24, 2.45) is 13.0 Å². The van der Waals surface area contributed by atoms with E-state index < -0.39 is 47.2 Å². The SMILES string of the molecule is Cn1c(C(F)(F)F)cc(=O)n(-c2cc(Oc3ccccc3OCC(=O)OCC3CC3)c(Cl)cc2F)c1=O. The Kier molecular flexibility index (Phi) is 7.30. The van der Waals surface area contributed by atoms with E-state index in [-0.39, 0.29) is 37.5 Å². The molecule has 0 bridgehead atoms. The van der Waals surface area contributed by atoms with E-state index in [1.165, 1.54) is 12.1 Å². The van der Waals surface area contributed by atoms with Crippen LogP contribution in [0.4, 0.5) is 17.6 Å². The number of alkyl halides is 3. The van der Waals surface area contributed by atoms with Gasteiger partial charge in [-0.2, -0.15) is 13.2 Å². The van der Waals surface area contributed by atoms with Crippen molar-refractivity contribution in [1.29, 1.82) is 0 Å². The van der Waals surface area contributed by atoms with Crippen LogP contribution < -0.4 is 20.7 Å². The Morgan fingerprint density at radius 1 is 1.08 bits per heavy atom. The summed E-state index contributed by atoms with van der Waals surface area (Å²) in [7, 11) is 0.801. The zero-order valence-electron chi connectivity index (χ0n) is 19.2. The maximum atomic E-state index is 14.8. The molecular weight excluding hydrogens is 524 g/mol. The molecule has 8 nitrogen and oxygen atoms in total. The topological polar surface area (TPSA) is 88.8 Å². The maximum Gasteiger partial charge on any atom is 0.431 e. The average Bonchev–Trinajstić information content (AvgIpc) is 3.66. The van der Waals surface area contributed by atoms with E-state index >= 15 is 0 Å². The number of para-hydroxylation sites is 2. The number of hydrogen-bond acceptors (Lipinski definition) is 6. The summed E-state index contributed by atoms with van der Waals surface area (Å²) in [6, 6.07) is 7.93. The van der Waals surface area contributed by atoms with Crippen molar-refractivity contribution in [3.63, 3.8) is 0 Å². The zero-order valence-corrected chi connectivity index (χ0v) is 19.9. The maximum absolute atomic E-state index is 14.8. The Morgan fingerprint density at radius 3 is 2.41 bits per heavy atom. The summed E-state index contributed by atoms with van der Waals surface area (Å²) < 4.78 is 70.9.